The van der Waals surface area contributed by atoms with Crippen molar-refractivity contribution in [3.63, 3.8) is 0 Å². The summed E-state index contributed by atoms with van der Waals surface area (Å²) in [6.07, 6.45) is 4.28. The summed E-state index contributed by atoms with van der Waals surface area (Å²) >= 11 is 6.16. The molecule has 2 aromatic heterocycles. The summed E-state index contributed by atoms with van der Waals surface area (Å²) in [6.45, 7) is 8.36. The summed E-state index contributed by atoms with van der Waals surface area (Å²) < 4.78 is 7.75. The van der Waals surface area contributed by atoms with Crippen LogP contribution in [0.15, 0.2) is 12.4 Å². The van der Waals surface area contributed by atoms with Crippen LogP contribution in [0.3, 0.4) is 0 Å². The summed E-state index contributed by atoms with van der Waals surface area (Å²) in [5.74, 6) is 0.615. The normalized spacial score (nSPS) is 15.8. The molecule has 0 bridgehead atoms. The number of fused-ring (bicyclic) bond motifs is 1. The van der Waals surface area contributed by atoms with Crippen LogP contribution in [-0.4, -0.2) is 29.2 Å². The molecule has 1 aliphatic rings. The van der Waals surface area contributed by atoms with E-state index in [1.807, 2.05) is 17.0 Å². The Kier molecular flexibility index (Phi) is 4.07. The number of halogens is 1. The SMILES string of the molecule is C[Si](C)(C)CCOCn1cnc2c(C3CC3)cc(Cl)nc21. The third kappa shape index (κ3) is 3.65. The van der Waals surface area contributed by atoms with Gasteiger partial charge in [0.1, 0.15) is 17.4 Å². The van der Waals surface area contributed by atoms with Gasteiger partial charge in [-0.15, -0.1) is 0 Å². The topological polar surface area (TPSA) is 39.9 Å². The first-order valence-corrected chi connectivity index (χ1v) is 11.6. The van der Waals surface area contributed by atoms with Crippen molar-refractivity contribution in [1.29, 1.82) is 0 Å². The maximum atomic E-state index is 6.16. The highest BCUT2D eigenvalue weighted by molar-refractivity contribution is 6.76. The van der Waals surface area contributed by atoms with E-state index in [2.05, 4.69) is 29.6 Å². The molecule has 0 N–H and O–H groups in total. The average molecular weight is 324 g/mol. The fourth-order valence-electron chi connectivity index (χ4n) is 2.37. The van der Waals surface area contributed by atoms with Crippen LogP contribution in [0.5, 0.6) is 0 Å². The van der Waals surface area contributed by atoms with Crippen LogP contribution in [-0.2, 0) is 11.5 Å². The lowest BCUT2D eigenvalue weighted by Gasteiger charge is -2.15. The second-order valence-electron chi connectivity index (χ2n) is 7.04. The van der Waals surface area contributed by atoms with Crippen molar-refractivity contribution >= 4 is 30.8 Å². The predicted octanol–water partition coefficient (Wildman–Crippen LogP) is 4.27. The fraction of sp³-hybridized carbons (Fsp3) is 0.600. The van der Waals surface area contributed by atoms with Crippen molar-refractivity contribution in [2.45, 2.75) is 51.2 Å². The van der Waals surface area contributed by atoms with Gasteiger partial charge in [-0.25, -0.2) is 9.97 Å². The Labute approximate surface area is 131 Å². The molecular formula is C15H22ClN3OSi. The lowest BCUT2D eigenvalue weighted by Crippen LogP contribution is -2.22. The third-order valence-electron chi connectivity index (χ3n) is 3.81. The molecule has 0 atom stereocenters. The molecule has 1 saturated carbocycles. The Morgan fingerprint density at radius 3 is 2.81 bits per heavy atom. The number of rotatable bonds is 6. The highest BCUT2D eigenvalue weighted by Crippen LogP contribution is 2.43. The zero-order valence-electron chi connectivity index (χ0n) is 12.9. The standard InChI is InChI=1S/C15H22ClN3OSi/c1-21(2,3)7-6-20-10-19-9-17-14-12(11-4-5-11)8-13(16)18-15(14)19/h8-9,11H,4-7,10H2,1-3H3. The van der Waals surface area contributed by atoms with Gasteiger partial charge in [0.2, 0.25) is 0 Å². The Balaban J connectivity index is 1.74. The van der Waals surface area contributed by atoms with Gasteiger partial charge in [0.15, 0.2) is 5.65 Å². The summed E-state index contributed by atoms with van der Waals surface area (Å²) in [7, 11) is -1.04. The molecular weight excluding hydrogens is 302 g/mol. The molecule has 0 aromatic carbocycles. The Morgan fingerprint density at radius 2 is 2.14 bits per heavy atom. The second-order valence-corrected chi connectivity index (χ2v) is 13.1. The van der Waals surface area contributed by atoms with Gasteiger partial charge < -0.3 is 4.74 Å². The summed E-state index contributed by atoms with van der Waals surface area (Å²) in [5, 5.41) is 0.549. The zero-order valence-corrected chi connectivity index (χ0v) is 14.7. The number of ether oxygens (including phenoxy) is 1. The van der Waals surface area contributed by atoms with Gasteiger partial charge in [-0.1, -0.05) is 31.2 Å². The van der Waals surface area contributed by atoms with E-state index < -0.39 is 8.07 Å². The van der Waals surface area contributed by atoms with Crippen LogP contribution in [0, 0.1) is 0 Å². The van der Waals surface area contributed by atoms with E-state index in [9.17, 15) is 0 Å². The number of pyridine rings is 1. The van der Waals surface area contributed by atoms with E-state index in [-0.39, 0.29) is 0 Å². The van der Waals surface area contributed by atoms with Crippen LogP contribution in [0.4, 0.5) is 0 Å². The van der Waals surface area contributed by atoms with Gasteiger partial charge >= 0.3 is 0 Å². The Bertz CT molecular complexity index is 646. The minimum absolute atomic E-state index is 0.498. The minimum atomic E-state index is -1.04. The Hall–Kier alpha value is -0.913. The third-order valence-corrected chi connectivity index (χ3v) is 5.71. The maximum Gasteiger partial charge on any atom is 0.163 e. The lowest BCUT2D eigenvalue weighted by atomic mass is 10.1. The lowest BCUT2D eigenvalue weighted by molar-refractivity contribution is 0.0895. The second kappa shape index (κ2) is 5.70. The number of hydrogen-bond acceptors (Lipinski definition) is 3. The van der Waals surface area contributed by atoms with Gasteiger partial charge in [0.25, 0.3) is 0 Å². The molecule has 0 amide bonds. The van der Waals surface area contributed by atoms with E-state index in [1.54, 1.807) is 0 Å². The number of nitrogens with zero attached hydrogens (tertiary/aromatic N) is 3. The first kappa shape index (κ1) is 15.0. The van der Waals surface area contributed by atoms with Crippen molar-refractivity contribution in [3.05, 3.63) is 23.1 Å². The molecule has 6 heteroatoms. The fourth-order valence-corrected chi connectivity index (χ4v) is 3.32. The van der Waals surface area contributed by atoms with Crippen molar-refractivity contribution < 1.29 is 4.74 Å². The summed E-state index contributed by atoms with van der Waals surface area (Å²) in [6, 6.07) is 3.13. The highest BCUT2D eigenvalue weighted by atomic mass is 35.5. The molecule has 1 aliphatic carbocycles. The summed E-state index contributed by atoms with van der Waals surface area (Å²) in [5.41, 5.74) is 3.07. The van der Waals surface area contributed by atoms with Crippen molar-refractivity contribution in [3.8, 4) is 0 Å². The largest absolute Gasteiger partial charge is 0.361 e. The van der Waals surface area contributed by atoms with Gasteiger partial charge in [-0.2, -0.15) is 0 Å². The number of hydrogen-bond donors (Lipinski definition) is 0. The van der Waals surface area contributed by atoms with Gasteiger partial charge in [0.05, 0.1) is 6.33 Å². The molecule has 0 saturated heterocycles. The van der Waals surface area contributed by atoms with Crippen LogP contribution < -0.4 is 0 Å². The first-order valence-electron chi connectivity index (χ1n) is 7.53. The quantitative estimate of drug-likeness (QED) is 0.452. The molecule has 3 rings (SSSR count). The van der Waals surface area contributed by atoms with Crippen molar-refractivity contribution in [2.75, 3.05) is 6.61 Å². The van der Waals surface area contributed by atoms with E-state index in [1.165, 1.54) is 24.4 Å². The molecule has 0 spiro atoms. The van der Waals surface area contributed by atoms with Crippen LogP contribution >= 0.6 is 11.6 Å². The molecule has 2 aromatic rings. The summed E-state index contributed by atoms with van der Waals surface area (Å²) in [4.78, 5) is 8.95. The molecule has 0 unspecified atom stereocenters. The monoisotopic (exact) mass is 323 g/mol. The van der Waals surface area contributed by atoms with Crippen LogP contribution in [0.2, 0.25) is 30.8 Å². The van der Waals surface area contributed by atoms with Crippen molar-refractivity contribution in [2.24, 2.45) is 0 Å². The first-order chi connectivity index (χ1) is 9.94. The molecule has 0 radical (unpaired) electrons. The van der Waals surface area contributed by atoms with Crippen molar-refractivity contribution in [1.82, 2.24) is 14.5 Å². The van der Waals surface area contributed by atoms with Crippen LogP contribution in [0.1, 0.15) is 24.3 Å². The Morgan fingerprint density at radius 1 is 1.38 bits per heavy atom. The maximum absolute atomic E-state index is 6.16. The molecule has 4 nitrogen and oxygen atoms in total. The molecule has 114 valence electrons. The number of aromatic nitrogens is 3. The molecule has 1 fully saturated rings. The molecule has 2 heterocycles. The predicted molar refractivity (Wildman–Crippen MR) is 88.6 cm³/mol. The van der Waals surface area contributed by atoms with Gasteiger partial charge in [-0.3, -0.25) is 4.57 Å². The van der Waals surface area contributed by atoms with E-state index in [0.29, 0.717) is 17.8 Å². The smallest absolute Gasteiger partial charge is 0.163 e. The van der Waals surface area contributed by atoms with Crippen LogP contribution in [0.25, 0.3) is 11.2 Å². The highest BCUT2D eigenvalue weighted by Gasteiger charge is 2.27. The molecule has 0 aliphatic heterocycles. The molecule has 21 heavy (non-hydrogen) atoms. The minimum Gasteiger partial charge on any atom is -0.361 e. The average Bonchev–Trinajstić information content (AvgIpc) is 3.15. The van der Waals surface area contributed by atoms with E-state index >= 15 is 0 Å². The zero-order chi connectivity index (χ0) is 15.0. The van der Waals surface area contributed by atoms with Gasteiger partial charge in [0, 0.05) is 14.7 Å². The van der Waals surface area contributed by atoms with Gasteiger partial charge in [-0.05, 0) is 36.4 Å². The van der Waals surface area contributed by atoms with E-state index in [4.69, 9.17) is 16.3 Å². The number of imidazole rings is 1. The van der Waals surface area contributed by atoms with E-state index in [0.717, 1.165) is 17.8 Å².